The van der Waals surface area contributed by atoms with E-state index in [4.69, 9.17) is 14.2 Å². The normalized spacial score (nSPS) is 12.3. The first kappa shape index (κ1) is 63.4. The number of esters is 3. The highest BCUT2D eigenvalue weighted by Crippen LogP contribution is 2.17. The number of hydrogen-bond donors (Lipinski definition) is 0. The second-order valence-corrected chi connectivity index (χ2v) is 19.2. The highest BCUT2D eigenvalue weighted by molar-refractivity contribution is 5.71. The molecule has 0 aliphatic heterocycles. The summed E-state index contributed by atoms with van der Waals surface area (Å²) in [4.78, 5) is 37.9. The lowest BCUT2D eigenvalue weighted by molar-refractivity contribution is -0.167. The lowest BCUT2D eigenvalue weighted by Crippen LogP contribution is -2.30. The van der Waals surface area contributed by atoms with Gasteiger partial charge in [0.25, 0.3) is 0 Å². The molecule has 1 unspecified atom stereocenters. The molecule has 0 aromatic carbocycles. The Labute approximate surface area is 409 Å². The van der Waals surface area contributed by atoms with Crippen LogP contribution in [0.5, 0.6) is 0 Å². The Bertz CT molecular complexity index is 1150. The zero-order valence-electron chi connectivity index (χ0n) is 44.0. The molecule has 0 saturated carbocycles. The number of carbonyl (C=O) groups is 3. The molecule has 0 amide bonds. The molecule has 0 rings (SSSR count). The molecule has 0 aromatic rings. The van der Waals surface area contributed by atoms with Crippen LogP contribution in [0.15, 0.2) is 48.6 Å². The maximum Gasteiger partial charge on any atom is 0.306 e. The van der Waals surface area contributed by atoms with E-state index in [1.165, 1.54) is 167 Å². The van der Waals surface area contributed by atoms with Gasteiger partial charge in [0.1, 0.15) is 13.2 Å². The summed E-state index contributed by atoms with van der Waals surface area (Å²) in [6.45, 7) is 6.51. The molecule has 6 nitrogen and oxygen atoms in total. The second kappa shape index (κ2) is 55.0. The molecule has 384 valence electrons. The summed E-state index contributed by atoms with van der Waals surface area (Å²) in [5, 5.41) is 0. The van der Waals surface area contributed by atoms with E-state index in [1.54, 1.807) is 0 Å². The molecule has 0 spiro atoms. The fourth-order valence-electron chi connectivity index (χ4n) is 8.32. The molecule has 0 aliphatic rings. The van der Waals surface area contributed by atoms with E-state index in [2.05, 4.69) is 69.4 Å². The Kier molecular flexibility index (Phi) is 52.8. The van der Waals surface area contributed by atoms with Gasteiger partial charge in [-0.25, -0.2) is 0 Å². The van der Waals surface area contributed by atoms with Crippen LogP contribution in [-0.4, -0.2) is 37.2 Å². The number of carbonyl (C=O) groups excluding carboxylic acids is 3. The molecule has 0 aliphatic carbocycles. The molecule has 66 heavy (non-hydrogen) atoms. The van der Waals surface area contributed by atoms with Crippen LogP contribution in [0.4, 0.5) is 0 Å². The monoisotopic (exact) mass is 925 g/mol. The smallest absolute Gasteiger partial charge is 0.306 e. The van der Waals surface area contributed by atoms with Crippen molar-refractivity contribution in [3.63, 3.8) is 0 Å². The first-order valence-electron chi connectivity index (χ1n) is 28.6. The number of unbranched alkanes of at least 4 members (excludes halogenated alkanes) is 33. The standard InChI is InChI=1S/C60H108O6/c1-4-7-10-13-16-18-20-22-24-26-28-30-32-33-35-37-39-41-44-47-50-53-59(62)65-56-57(55-64-58(61)52-49-46-43-15-12-9-6-3)66-60(63)54-51-48-45-42-40-38-36-34-31-29-27-25-23-21-19-17-14-11-8-5-2/h7,10,16,18,22,24,28,30,57H,4-6,8-9,11-15,17,19-21,23,25-27,29,31-56H2,1-3H3/b10-7-,18-16-,24-22-,30-28-. The zero-order chi connectivity index (χ0) is 47.9. The summed E-state index contributed by atoms with van der Waals surface area (Å²) < 4.78 is 16.8. The van der Waals surface area contributed by atoms with Crippen molar-refractivity contribution in [1.29, 1.82) is 0 Å². The van der Waals surface area contributed by atoms with E-state index >= 15 is 0 Å². The van der Waals surface area contributed by atoms with Crippen LogP contribution in [-0.2, 0) is 28.6 Å². The molecule has 0 saturated heterocycles. The third-order valence-electron chi connectivity index (χ3n) is 12.6. The number of hydrogen-bond acceptors (Lipinski definition) is 6. The van der Waals surface area contributed by atoms with Gasteiger partial charge in [0.2, 0.25) is 0 Å². The molecule has 0 fully saturated rings. The van der Waals surface area contributed by atoms with Crippen LogP contribution >= 0.6 is 0 Å². The summed E-state index contributed by atoms with van der Waals surface area (Å²) in [5.41, 5.74) is 0. The Morgan fingerprint density at radius 2 is 0.591 bits per heavy atom. The number of rotatable bonds is 52. The van der Waals surface area contributed by atoms with E-state index in [9.17, 15) is 14.4 Å². The average molecular weight is 926 g/mol. The molecular weight excluding hydrogens is 817 g/mol. The van der Waals surface area contributed by atoms with Crippen molar-refractivity contribution in [1.82, 2.24) is 0 Å². The molecule has 6 heteroatoms. The quantitative estimate of drug-likeness (QED) is 0.0262. The summed E-state index contributed by atoms with van der Waals surface area (Å²) in [5.74, 6) is -0.873. The van der Waals surface area contributed by atoms with E-state index in [0.717, 1.165) is 89.9 Å². The summed E-state index contributed by atoms with van der Waals surface area (Å²) in [7, 11) is 0. The highest BCUT2D eigenvalue weighted by atomic mass is 16.6. The Morgan fingerprint density at radius 3 is 0.924 bits per heavy atom. The minimum atomic E-state index is -0.771. The number of ether oxygens (including phenoxy) is 3. The van der Waals surface area contributed by atoms with Crippen molar-refractivity contribution in [3.8, 4) is 0 Å². The Morgan fingerprint density at radius 1 is 0.318 bits per heavy atom. The largest absolute Gasteiger partial charge is 0.462 e. The first-order chi connectivity index (χ1) is 32.5. The van der Waals surface area contributed by atoms with Crippen LogP contribution in [0.1, 0.15) is 297 Å². The molecule has 1 atom stereocenters. The van der Waals surface area contributed by atoms with Crippen molar-refractivity contribution in [2.45, 2.75) is 303 Å². The molecule has 0 N–H and O–H groups in total. The predicted octanol–water partition coefficient (Wildman–Crippen LogP) is 19.0. The van der Waals surface area contributed by atoms with E-state index in [0.29, 0.717) is 19.3 Å². The lowest BCUT2D eigenvalue weighted by atomic mass is 10.0. The van der Waals surface area contributed by atoms with Crippen molar-refractivity contribution in [2.75, 3.05) is 13.2 Å². The number of allylic oxidation sites excluding steroid dienone is 8. The summed E-state index contributed by atoms with van der Waals surface area (Å²) >= 11 is 0. The lowest BCUT2D eigenvalue weighted by Gasteiger charge is -2.18. The second-order valence-electron chi connectivity index (χ2n) is 19.2. The van der Waals surface area contributed by atoms with Crippen molar-refractivity contribution >= 4 is 17.9 Å². The molecular formula is C60H108O6. The van der Waals surface area contributed by atoms with E-state index in [1.807, 2.05) is 0 Å². The highest BCUT2D eigenvalue weighted by Gasteiger charge is 2.19. The minimum Gasteiger partial charge on any atom is -0.462 e. The van der Waals surface area contributed by atoms with Gasteiger partial charge in [-0.3, -0.25) is 14.4 Å². The van der Waals surface area contributed by atoms with Gasteiger partial charge in [-0.1, -0.05) is 268 Å². The van der Waals surface area contributed by atoms with Gasteiger partial charge in [0.15, 0.2) is 6.10 Å². The summed E-state index contributed by atoms with van der Waals surface area (Å²) in [6.07, 6.45) is 67.0. The van der Waals surface area contributed by atoms with Gasteiger partial charge in [0.05, 0.1) is 0 Å². The van der Waals surface area contributed by atoms with Gasteiger partial charge in [-0.15, -0.1) is 0 Å². The predicted molar refractivity (Wildman–Crippen MR) is 284 cm³/mol. The van der Waals surface area contributed by atoms with Crippen molar-refractivity contribution < 1.29 is 28.6 Å². The van der Waals surface area contributed by atoms with E-state index in [-0.39, 0.29) is 31.1 Å². The minimum absolute atomic E-state index is 0.0724. The fraction of sp³-hybridized carbons (Fsp3) is 0.817. The van der Waals surface area contributed by atoms with Gasteiger partial charge < -0.3 is 14.2 Å². The van der Waals surface area contributed by atoms with Gasteiger partial charge in [-0.05, 0) is 57.8 Å². The summed E-state index contributed by atoms with van der Waals surface area (Å²) in [6, 6.07) is 0. The Balaban J connectivity index is 4.18. The van der Waals surface area contributed by atoms with Gasteiger partial charge in [0, 0.05) is 19.3 Å². The fourth-order valence-corrected chi connectivity index (χ4v) is 8.32. The van der Waals surface area contributed by atoms with Gasteiger partial charge >= 0.3 is 17.9 Å². The van der Waals surface area contributed by atoms with Crippen molar-refractivity contribution in [2.24, 2.45) is 0 Å². The Hall–Kier alpha value is -2.63. The van der Waals surface area contributed by atoms with E-state index < -0.39 is 6.10 Å². The van der Waals surface area contributed by atoms with Crippen LogP contribution in [0.3, 0.4) is 0 Å². The molecule has 0 radical (unpaired) electrons. The van der Waals surface area contributed by atoms with Crippen LogP contribution in [0, 0.1) is 0 Å². The first-order valence-corrected chi connectivity index (χ1v) is 28.6. The molecule has 0 heterocycles. The van der Waals surface area contributed by atoms with Crippen LogP contribution in [0.2, 0.25) is 0 Å². The third-order valence-corrected chi connectivity index (χ3v) is 12.6. The van der Waals surface area contributed by atoms with Gasteiger partial charge in [-0.2, -0.15) is 0 Å². The zero-order valence-corrected chi connectivity index (χ0v) is 44.0. The maximum atomic E-state index is 12.8. The van der Waals surface area contributed by atoms with Crippen molar-refractivity contribution in [3.05, 3.63) is 48.6 Å². The maximum absolute atomic E-state index is 12.8. The molecule has 0 bridgehead atoms. The van der Waals surface area contributed by atoms with Crippen LogP contribution in [0.25, 0.3) is 0 Å². The van der Waals surface area contributed by atoms with Crippen LogP contribution < -0.4 is 0 Å². The average Bonchev–Trinajstić information content (AvgIpc) is 3.31. The third kappa shape index (κ3) is 52.3. The SMILES string of the molecule is CC/C=C\C/C=C\C/C=C\C/C=C\CCCCCCCCCCC(=O)OCC(COC(=O)CCCCCCCCC)OC(=O)CCCCCCCCCCCCCCCCCCCCCC. The molecule has 0 aromatic heterocycles. The topological polar surface area (TPSA) is 78.9 Å².